The van der Waals surface area contributed by atoms with Crippen LogP contribution in [-0.4, -0.2) is 43.4 Å². The van der Waals surface area contributed by atoms with Gasteiger partial charge in [0.1, 0.15) is 11.6 Å². The molecule has 4 heterocycles. The summed E-state index contributed by atoms with van der Waals surface area (Å²) < 4.78 is 2.23. The maximum absolute atomic E-state index is 12.8. The van der Waals surface area contributed by atoms with Crippen LogP contribution < -0.4 is 0 Å². The molecule has 2 aromatic heterocycles. The second kappa shape index (κ2) is 5.44. The number of aromatic nitrogens is 4. The van der Waals surface area contributed by atoms with Gasteiger partial charge in [0.05, 0.1) is 17.0 Å². The maximum atomic E-state index is 12.8. The van der Waals surface area contributed by atoms with Gasteiger partial charge in [0.25, 0.3) is 0 Å². The summed E-state index contributed by atoms with van der Waals surface area (Å²) in [6, 6.07) is 8.07. The molecule has 0 saturated carbocycles. The third-order valence-electron chi connectivity index (χ3n) is 5.63. The molecule has 6 nitrogen and oxygen atoms in total. The number of para-hydroxylation sites is 2. The van der Waals surface area contributed by atoms with Crippen molar-refractivity contribution in [1.29, 1.82) is 0 Å². The van der Waals surface area contributed by atoms with Crippen molar-refractivity contribution in [3.05, 3.63) is 47.8 Å². The van der Waals surface area contributed by atoms with E-state index in [0.29, 0.717) is 5.92 Å². The van der Waals surface area contributed by atoms with Gasteiger partial charge in [-0.15, -0.1) is 0 Å². The summed E-state index contributed by atoms with van der Waals surface area (Å²) in [5.74, 6) is 2.77. The van der Waals surface area contributed by atoms with Crippen molar-refractivity contribution in [3.63, 3.8) is 0 Å². The average Bonchev–Trinajstić information content (AvgIpc) is 3.16. The quantitative estimate of drug-likeness (QED) is 0.781. The number of hydrogen-bond acceptors (Lipinski definition) is 3. The highest BCUT2D eigenvalue weighted by molar-refractivity contribution is 5.80. The van der Waals surface area contributed by atoms with Crippen molar-refractivity contribution in [2.24, 2.45) is 5.92 Å². The number of imidazole rings is 2. The van der Waals surface area contributed by atoms with Crippen molar-refractivity contribution >= 4 is 16.9 Å². The van der Waals surface area contributed by atoms with Crippen LogP contribution in [0.25, 0.3) is 11.0 Å². The van der Waals surface area contributed by atoms with Gasteiger partial charge in [0, 0.05) is 43.9 Å². The summed E-state index contributed by atoms with van der Waals surface area (Å²) in [4.78, 5) is 27.2. The fraction of sp³-hybridized carbons (Fsp3) is 0.421. The molecule has 2 aliphatic rings. The number of benzene rings is 1. The van der Waals surface area contributed by atoms with Crippen LogP contribution in [0.4, 0.5) is 0 Å². The number of likely N-dealkylation sites (tertiary alicyclic amines) is 1. The van der Waals surface area contributed by atoms with Gasteiger partial charge < -0.3 is 14.5 Å². The average molecular weight is 335 g/mol. The minimum absolute atomic E-state index is 0.0974. The fourth-order valence-electron chi connectivity index (χ4n) is 4.09. The zero-order valence-corrected chi connectivity index (χ0v) is 14.3. The number of carbonyl (C=O) groups is 1. The summed E-state index contributed by atoms with van der Waals surface area (Å²) in [5, 5.41) is 0. The molecule has 0 bridgehead atoms. The molecule has 1 N–H and O–H groups in total. The summed E-state index contributed by atoms with van der Waals surface area (Å²) in [6.45, 7) is 4.47. The molecule has 0 aliphatic carbocycles. The van der Waals surface area contributed by atoms with Crippen molar-refractivity contribution in [2.45, 2.75) is 32.2 Å². The summed E-state index contributed by atoms with van der Waals surface area (Å²) in [5.41, 5.74) is 3.26. The minimum Gasteiger partial charge on any atom is -0.342 e. The van der Waals surface area contributed by atoms with Crippen LogP contribution in [0.1, 0.15) is 29.7 Å². The number of aryl methyl sites for hydroxylation is 1. The van der Waals surface area contributed by atoms with Crippen LogP contribution in [-0.2, 0) is 17.8 Å². The van der Waals surface area contributed by atoms with Crippen molar-refractivity contribution in [2.75, 3.05) is 13.1 Å². The molecule has 1 aromatic carbocycles. The summed E-state index contributed by atoms with van der Waals surface area (Å²) in [7, 11) is 0. The van der Waals surface area contributed by atoms with E-state index in [1.54, 1.807) is 0 Å². The van der Waals surface area contributed by atoms with E-state index < -0.39 is 0 Å². The molecule has 6 heteroatoms. The molecule has 0 radical (unpaired) electrons. The van der Waals surface area contributed by atoms with Gasteiger partial charge in [-0.25, -0.2) is 9.97 Å². The molecule has 25 heavy (non-hydrogen) atoms. The zero-order valence-electron chi connectivity index (χ0n) is 14.3. The van der Waals surface area contributed by atoms with Gasteiger partial charge >= 0.3 is 0 Å². The highest BCUT2D eigenvalue weighted by Gasteiger charge is 2.38. The maximum Gasteiger partial charge on any atom is 0.226 e. The third-order valence-corrected chi connectivity index (χ3v) is 5.63. The largest absolute Gasteiger partial charge is 0.342 e. The number of rotatable bonds is 2. The number of H-pyrrole nitrogens is 1. The Bertz CT molecular complexity index is 917. The van der Waals surface area contributed by atoms with Crippen LogP contribution in [0.2, 0.25) is 0 Å². The molecule has 3 aromatic rings. The molecule has 5 rings (SSSR count). The first-order chi connectivity index (χ1) is 12.2. The number of hydrogen-bond donors (Lipinski definition) is 1. The smallest absolute Gasteiger partial charge is 0.226 e. The number of fused-ring (bicyclic) bond motifs is 2. The predicted molar refractivity (Wildman–Crippen MR) is 94.2 cm³/mol. The second-order valence-electron chi connectivity index (χ2n) is 7.22. The van der Waals surface area contributed by atoms with Gasteiger partial charge in [0.2, 0.25) is 5.91 Å². The first kappa shape index (κ1) is 14.7. The highest BCUT2D eigenvalue weighted by Crippen LogP contribution is 2.31. The first-order valence-electron chi connectivity index (χ1n) is 8.93. The van der Waals surface area contributed by atoms with Crippen molar-refractivity contribution in [1.82, 2.24) is 24.4 Å². The molecule has 128 valence electrons. The van der Waals surface area contributed by atoms with Crippen LogP contribution in [0, 0.1) is 12.8 Å². The topological polar surface area (TPSA) is 66.8 Å². The number of amides is 1. The lowest BCUT2D eigenvalue weighted by molar-refractivity contribution is -0.140. The molecular weight excluding hydrogens is 314 g/mol. The molecule has 1 unspecified atom stereocenters. The van der Waals surface area contributed by atoms with Crippen LogP contribution in [0.15, 0.2) is 30.5 Å². The van der Waals surface area contributed by atoms with Crippen molar-refractivity contribution < 1.29 is 4.79 Å². The number of nitrogens with zero attached hydrogens (tertiary/aromatic N) is 4. The molecule has 1 fully saturated rings. The van der Waals surface area contributed by atoms with E-state index in [1.165, 1.54) is 5.69 Å². The monoisotopic (exact) mass is 335 g/mol. The Morgan fingerprint density at radius 1 is 1.28 bits per heavy atom. The standard InChI is InChI=1S/C19H21N5O/c1-12-20-9-15-8-13(6-7-24(12)15)19(25)23-10-14(11-23)18-21-16-4-2-3-5-17(16)22-18/h2-5,9,13-14H,6-8,10-11H2,1H3,(H,21,22). The van der Waals surface area contributed by atoms with Gasteiger partial charge in [-0.05, 0) is 25.5 Å². The molecule has 1 atom stereocenters. The lowest BCUT2D eigenvalue weighted by Gasteiger charge is -2.40. The van der Waals surface area contributed by atoms with E-state index >= 15 is 0 Å². The van der Waals surface area contributed by atoms with E-state index in [9.17, 15) is 4.79 Å². The first-order valence-corrected chi connectivity index (χ1v) is 8.93. The van der Waals surface area contributed by atoms with Crippen LogP contribution in [0.3, 0.4) is 0 Å². The lowest BCUT2D eigenvalue weighted by atomic mass is 9.91. The number of aromatic amines is 1. The Kier molecular flexibility index (Phi) is 3.20. The van der Waals surface area contributed by atoms with Gasteiger partial charge in [0.15, 0.2) is 0 Å². The lowest BCUT2D eigenvalue weighted by Crippen LogP contribution is -2.51. The zero-order chi connectivity index (χ0) is 17.0. The molecule has 2 aliphatic heterocycles. The number of nitrogens with one attached hydrogen (secondary N) is 1. The normalized spacial score (nSPS) is 20.5. The SMILES string of the molecule is Cc1ncc2n1CCC(C(=O)N1CC(c3nc4ccccc4[nH]3)C1)C2. The van der Waals surface area contributed by atoms with E-state index in [4.69, 9.17) is 0 Å². The predicted octanol–water partition coefficient (Wildman–Crippen LogP) is 2.26. The van der Waals surface area contributed by atoms with Crippen LogP contribution >= 0.6 is 0 Å². The minimum atomic E-state index is 0.0974. The number of carbonyl (C=O) groups excluding carboxylic acids is 1. The fourth-order valence-corrected chi connectivity index (χ4v) is 4.09. The van der Waals surface area contributed by atoms with E-state index in [0.717, 1.165) is 55.2 Å². The van der Waals surface area contributed by atoms with E-state index in [-0.39, 0.29) is 11.8 Å². The second-order valence-corrected chi connectivity index (χ2v) is 7.22. The van der Waals surface area contributed by atoms with Crippen molar-refractivity contribution in [3.8, 4) is 0 Å². The Hall–Kier alpha value is -2.63. The molecular formula is C19H21N5O. The Labute approximate surface area is 145 Å². The highest BCUT2D eigenvalue weighted by atomic mass is 16.2. The summed E-state index contributed by atoms with van der Waals surface area (Å²) in [6.07, 6.45) is 3.64. The van der Waals surface area contributed by atoms with Gasteiger partial charge in [-0.2, -0.15) is 0 Å². The third kappa shape index (κ3) is 2.35. The Morgan fingerprint density at radius 3 is 2.96 bits per heavy atom. The Morgan fingerprint density at radius 2 is 2.12 bits per heavy atom. The van der Waals surface area contributed by atoms with Gasteiger partial charge in [-0.1, -0.05) is 12.1 Å². The molecule has 0 spiro atoms. The Balaban J connectivity index is 1.25. The van der Waals surface area contributed by atoms with E-state index in [2.05, 4.69) is 19.5 Å². The van der Waals surface area contributed by atoms with E-state index in [1.807, 2.05) is 42.3 Å². The van der Waals surface area contributed by atoms with Crippen LogP contribution in [0.5, 0.6) is 0 Å². The summed E-state index contributed by atoms with van der Waals surface area (Å²) >= 11 is 0. The molecule has 1 saturated heterocycles. The molecule has 1 amide bonds. The van der Waals surface area contributed by atoms with Gasteiger partial charge in [-0.3, -0.25) is 4.79 Å².